The molecule has 0 spiro atoms. The molecule has 2 amide bonds. The summed E-state index contributed by atoms with van der Waals surface area (Å²) >= 11 is 0. The molecule has 0 N–H and O–H groups in total. The Morgan fingerprint density at radius 1 is 1.33 bits per heavy atom. The number of methoxy groups -OCH3 is 1. The van der Waals surface area contributed by atoms with Crippen LogP contribution in [0.5, 0.6) is 0 Å². The van der Waals surface area contributed by atoms with Crippen LogP contribution in [0.1, 0.15) is 46.4 Å². The van der Waals surface area contributed by atoms with E-state index in [2.05, 4.69) is 6.58 Å². The summed E-state index contributed by atoms with van der Waals surface area (Å²) in [6, 6.07) is 6.77. The first-order valence-electron chi connectivity index (χ1n) is 8.19. The van der Waals surface area contributed by atoms with Gasteiger partial charge in [0, 0.05) is 6.54 Å². The first-order valence-corrected chi connectivity index (χ1v) is 8.19. The summed E-state index contributed by atoms with van der Waals surface area (Å²) in [6.07, 6.45) is 4.81. The van der Waals surface area contributed by atoms with Gasteiger partial charge in [0.2, 0.25) is 0 Å². The van der Waals surface area contributed by atoms with Crippen LogP contribution in [0.2, 0.25) is 0 Å². The standard InChI is InChI=1S/C19H21NO4/c1-3-7-13-8-6-11-19(13,18(23)24-2)12-20-16(21)14-9-4-5-10-15(14)17(20)22/h3-5,9-10,13H,1,6-8,11-12H2,2H3/t13-,19-/m1/s1. The smallest absolute Gasteiger partial charge is 0.313 e. The van der Waals surface area contributed by atoms with Crippen molar-refractivity contribution in [3.8, 4) is 0 Å². The molecule has 1 aliphatic carbocycles. The summed E-state index contributed by atoms with van der Waals surface area (Å²) in [4.78, 5) is 39.1. The maximum absolute atomic E-state index is 12.6. The number of amides is 2. The van der Waals surface area contributed by atoms with Gasteiger partial charge in [-0.25, -0.2) is 0 Å². The van der Waals surface area contributed by atoms with E-state index < -0.39 is 5.41 Å². The molecule has 5 heteroatoms. The predicted molar refractivity (Wildman–Crippen MR) is 88.4 cm³/mol. The van der Waals surface area contributed by atoms with E-state index in [-0.39, 0.29) is 30.2 Å². The molecule has 1 fully saturated rings. The highest BCUT2D eigenvalue weighted by Gasteiger charge is 2.53. The second-order valence-electron chi connectivity index (χ2n) is 6.50. The van der Waals surface area contributed by atoms with Gasteiger partial charge in [0.25, 0.3) is 11.8 Å². The van der Waals surface area contributed by atoms with Crippen LogP contribution in [0.3, 0.4) is 0 Å². The van der Waals surface area contributed by atoms with E-state index >= 15 is 0 Å². The fourth-order valence-electron chi connectivity index (χ4n) is 4.10. The van der Waals surface area contributed by atoms with E-state index in [4.69, 9.17) is 4.74 Å². The maximum atomic E-state index is 12.6. The Balaban J connectivity index is 1.95. The molecule has 0 aromatic heterocycles. The lowest BCUT2D eigenvalue weighted by Crippen LogP contribution is -2.48. The lowest BCUT2D eigenvalue weighted by Gasteiger charge is -2.35. The first kappa shape index (κ1) is 16.4. The highest BCUT2D eigenvalue weighted by Crippen LogP contribution is 2.47. The molecule has 0 radical (unpaired) electrons. The second-order valence-corrected chi connectivity index (χ2v) is 6.50. The molecule has 0 saturated heterocycles. The van der Waals surface area contributed by atoms with Crippen LogP contribution < -0.4 is 0 Å². The van der Waals surface area contributed by atoms with Crippen LogP contribution in [-0.4, -0.2) is 36.3 Å². The first-order chi connectivity index (χ1) is 11.5. The number of hydrogen-bond acceptors (Lipinski definition) is 4. The molecule has 1 saturated carbocycles. The van der Waals surface area contributed by atoms with Crippen LogP contribution in [0.4, 0.5) is 0 Å². The fourth-order valence-corrected chi connectivity index (χ4v) is 4.10. The van der Waals surface area contributed by atoms with E-state index in [1.54, 1.807) is 30.3 Å². The van der Waals surface area contributed by atoms with Gasteiger partial charge in [-0.3, -0.25) is 19.3 Å². The minimum absolute atomic E-state index is 0.0340. The quantitative estimate of drug-likeness (QED) is 0.474. The normalized spacial score (nSPS) is 25.7. The van der Waals surface area contributed by atoms with Crippen molar-refractivity contribution in [3.63, 3.8) is 0 Å². The molecule has 2 aliphatic rings. The Labute approximate surface area is 141 Å². The van der Waals surface area contributed by atoms with Crippen LogP contribution in [0, 0.1) is 11.3 Å². The maximum Gasteiger partial charge on any atom is 0.313 e. The van der Waals surface area contributed by atoms with Crippen LogP contribution >= 0.6 is 0 Å². The van der Waals surface area contributed by atoms with Gasteiger partial charge < -0.3 is 4.74 Å². The topological polar surface area (TPSA) is 63.7 Å². The molecule has 3 rings (SSSR count). The van der Waals surface area contributed by atoms with E-state index in [9.17, 15) is 14.4 Å². The van der Waals surface area contributed by atoms with Gasteiger partial charge >= 0.3 is 5.97 Å². The lowest BCUT2D eigenvalue weighted by atomic mass is 9.75. The van der Waals surface area contributed by atoms with Crippen LogP contribution in [0.25, 0.3) is 0 Å². The number of hydrogen-bond donors (Lipinski definition) is 0. The number of carbonyl (C=O) groups is 3. The monoisotopic (exact) mass is 327 g/mol. The van der Waals surface area contributed by atoms with E-state index in [0.29, 0.717) is 24.0 Å². The number of carbonyl (C=O) groups excluding carboxylic acids is 3. The number of fused-ring (bicyclic) bond motifs is 1. The highest BCUT2D eigenvalue weighted by atomic mass is 16.5. The Hall–Kier alpha value is -2.43. The van der Waals surface area contributed by atoms with Gasteiger partial charge in [0.15, 0.2) is 0 Å². The highest BCUT2D eigenvalue weighted by molar-refractivity contribution is 6.21. The fraction of sp³-hybridized carbons (Fsp3) is 0.421. The van der Waals surface area contributed by atoms with Crippen molar-refractivity contribution in [2.75, 3.05) is 13.7 Å². The molecule has 24 heavy (non-hydrogen) atoms. The average molecular weight is 327 g/mol. The molecule has 2 atom stereocenters. The zero-order valence-corrected chi connectivity index (χ0v) is 13.8. The van der Waals surface area contributed by atoms with Crippen LogP contribution in [0.15, 0.2) is 36.9 Å². The van der Waals surface area contributed by atoms with Crippen molar-refractivity contribution >= 4 is 17.8 Å². The van der Waals surface area contributed by atoms with Crippen molar-refractivity contribution in [1.82, 2.24) is 4.90 Å². The van der Waals surface area contributed by atoms with Crippen molar-refractivity contribution in [2.24, 2.45) is 11.3 Å². The van der Waals surface area contributed by atoms with Crippen molar-refractivity contribution in [1.29, 1.82) is 0 Å². The summed E-state index contributed by atoms with van der Waals surface area (Å²) < 4.78 is 5.05. The van der Waals surface area contributed by atoms with Crippen LogP contribution in [-0.2, 0) is 9.53 Å². The summed E-state index contributed by atoms with van der Waals surface area (Å²) in [5.74, 6) is -0.971. The minimum Gasteiger partial charge on any atom is -0.469 e. The summed E-state index contributed by atoms with van der Waals surface area (Å²) in [5, 5.41) is 0. The number of allylic oxidation sites excluding steroid dienone is 1. The summed E-state index contributed by atoms with van der Waals surface area (Å²) in [6.45, 7) is 3.84. The minimum atomic E-state index is -0.837. The third-order valence-electron chi connectivity index (χ3n) is 5.32. The molecule has 0 bridgehead atoms. The molecule has 0 unspecified atom stereocenters. The number of esters is 1. The summed E-state index contributed by atoms with van der Waals surface area (Å²) in [7, 11) is 1.36. The third-order valence-corrected chi connectivity index (χ3v) is 5.32. The Bertz CT molecular complexity index is 676. The molecule has 1 aromatic rings. The Morgan fingerprint density at radius 3 is 2.50 bits per heavy atom. The van der Waals surface area contributed by atoms with Gasteiger partial charge in [-0.2, -0.15) is 0 Å². The van der Waals surface area contributed by atoms with Gasteiger partial charge in [0.05, 0.1) is 23.7 Å². The molecule has 1 heterocycles. The SMILES string of the molecule is C=CC[C@@H]1CCC[C@]1(CN1C(=O)c2ccccc2C1=O)C(=O)OC. The zero-order chi connectivity index (χ0) is 17.3. The molecular formula is C19H21NO4. The van der Waals surface area contributed by atoms with E-state index in [1.807, 2.05) is 0 Å². The number of imide groups is 1. The molecule has 126 valence electrons. The number of ether oxygens (including phenoxy) is 1. The molecule has 1 aliphatic heterocycles. The number of nitrogens with zero attached hydrogens (tertiary/aromatic N) is 1. The van der Waals surface area contributed by atoms with E-state index in [0.717, 1.165) is 12.8 Å². The third kappa shape index (κ3) is 2.35. The predicted octanol–water partition coefficient (Wildman–Crippen LogP) is 2.82. The van der Waals surface area contributed by atoms with Gasteiger partial charge in [-0.15, -0.1) is 6.58 Å². The van der Waals surface area contributed by atoms with Gasteiger partial charge in [0.1, 0.15) is 0 Å². The molecular weight excluding hydrogens is 306 g/mol. The molecule has 1 aromatic carbocycles. The lowest BCUT2D eigenvalue weighted by molar-refractivity contribution is -0.155. The van der Waals surface area contributed by atoms with E-state index in [1.165, 1.54) is 12.0 Å². The average Bonchev–Trinajstić information content (AvgIpc) is 3.11. The summed E-state index contributed by atoms with van der Waals surface area (Å²) in [5.41, 5.74) is -0.0300. The molecule has 5 nitrogen and oxygen atoms in total. The Morgan fingerprint density at radius 2 is 1.96 bits per heavy atom. The van der Waals surface area contributed by atoms with Gasteiger partial charge in [-0.1, -0.05) is 24.6 Å². The van der Waals surface area contributed by atoms with Crippen molar-refractivity contribution < 1.29 is 19.1 Å². The largest absolute Gasteiger partial charge is 0.469 e. The number of rotatable bonds is 5. The Kier molecular flexibility index (Phi) is 4.26. The van der Waals surface area contributed by atoms with Crippen molar-refractivity contribution in [2.45, 2.75) is 25.7 Å². The second kappa shape index (κ2) is 6.23. The van der Waals surface area contributed by atoms with Crippen molar-refractivity contribution in [3.05, 3.63) is 48.0 Å². The number of benzene rings is 1. The van der Waals surface area contributed by atoms with Gasteiger partial charge in [-0.05, 0) is 37.3 Å². The zero-order valence-electron chi connectivity index (χ0n) is 13.8.